The zero-order valence-electron chi connectivity index (χ0n) is 11.0. The van der Waals surface area contributed by atoms with E-state index < -0.39 is 10.0 Å². The largest absolute Gasteiger partial charge is 0.398 e. The molecular formula is C13H16N2O2S2. The normalized spacial score (nSPS) is 11.5. The summed E-state index contributed by atoms with van der Waals surface area (Å²) in [6, 6.07) is 6.80. The molecule has 0 saturated heterocycles. The average molecular weight is 296 g/mol. The molecule has 2 rings (SSSR count). The molecule has 1 heterocycles. The molecule has 0 aliphatic carbocycles. The molecule has 4 nitrogen and oxygen atoms in total. The van der Waals surface area contributed by atoms with Crippen LogP contribution in [0.4, 0.5) is 11.4 Å². The predicted molar refractivity (Wildman–Crippen MR) is 80.2 cm³/mol. The third-order valence-corrected chi connectivity index (χ3v) is 5.42. The summed E-state index contributed by atoms with van der Waals surface area (Å²) in [4.78, 5) is 2.08. The molecular weight excluding hydrogens is 280 g/mol. The van der Waals surface area contributed by atoms with Crippen LogP contribution >= 0.6 is 11.3 Å². The molecule has 0 radical (unpaired) electrons. The van der Waals surface area contributed by atoms with Gasteiger partial charge in [0.25, 0.3) is 10.0 Å². The number of hydrogen-bond acceptors (Lipinski definition) is 4. The first-order chi connectivity index (χ1) is 8.79. The van der Waals surface area contributed by atoms with E-state index in [9.17, 15) is 8.42 Å². The van der Waals surface area contributed by atoms with Crippen LogP contribution in [0.25, 0.3) is 0 Å². The molecule has 0 amide bonds. The maximum absolute atomic E-state index is 12.3. The van der Waals surface area contributed by atoms with Crippen LogP contribution in [0.1, 0.15) is 15.3 Å². The minimum atomic E-state index is -3.55. The molecule has 1 aromatic heterocycles. The van der Waals surface area contributed by atoms with E-state index in [0.717, 1.165) is 15.3 Å². The highest BCUT2D eigenvalue weighted by molar-refractivity contribution is 7.93. The molecule has 1 aromatic carbocycles. The first-order valence-electron chi connectivity index (χ1n) is 5.75. The highest BCUT2D eigenvalue weighted by Gasteiger charge is 2.19. The van der Waals surface area contributed by atoms with Gasteiger partial charge in [0.1, 0.15) is 4.90 Å². The van der Waals surface area contributed by atoms with Gasteiger partial charge < -0.3 is 5.73 Å². The molecule has 2 aromatic rings. The van der Waals surface area contributed by atoms with Crippen molar-refractivity contribution in [1.29, 1.82) is 0 Å². The van der Waals surface area contributed by atoms with Gasteiger partial charge >= 0.3 is 0 Å². The maximum atomic E-state index is 12.3. The number of nitrogens with one attached hydrogen (secondary N) is 1. The number of nitrogens with two attached hydrogens (primary N) is 1. The Labute approximate surface area is 117 Å². The van der Waals surface area contributed by atoms with Gasteiger partial charge in [-0.15, -0.1) is 11.3 Å². The van der Waals surface area contributed by atoms with Crippen molar-refractivity contribution in [3.8, 4) is 0 Å². The van der Waals surface area contributed by atoms with E-state index in [-0.39, 0.29) is 0 Å². The SMILES string of the molecule is Cc1cc(S(=O)(=O)Nc2ccc(C)c(N)c2)c(C)s1. The van der Waals surface area contributed by atoms with Gasteiger partial charge in [0.05, 0.1) is 5.69 Å². The summed E-state index contributed by atoms with van der Waals surface area (Å²) < 4.78 is 27.1. The molecule has 0 fully saturated rings. The standard InChI is InChI=1S/C13H16N2O2S2/c1-8-4-5-11(7-12(8)14)15-19(16,17)13-6-9(2)18-10(13)3/h4-7,15H,14H2,1-3H3. The summed E-state index contributed by atoms with van der Waals surface area (Å²) in [5.74, 6) is 0. The van der Waals surface area contributed by atoms with Crippen LogP contribution in [0.15, 0.2) is 29.2 Å². The lowest BCUT2D eigenvalue weighted by atomic mass is 10.2. The molecule has 6 heteroatoms. The third kappa shape index (κ3) is 2.90. The van der Waals surface area contributed by atoms with E-state index in [0.29, 0.717) is 16.3 Å². The third-order valence-electron chi connectivity index (χ3n) is 2.82. The lowest BCUT2D eigenvalue weighted by molar-refractivity contribution is 0.601. The summed E-state index contributed by atoms with van der Waals surface area (Å²) in [5, 5.41) is 0. The minimum Gasteiger partial charge on any atom is -0.398 e. The van der Waals surface area contributed by atoms with E-state index in [2.05, 4.69) is 4.72 Å². The van der Waals surface area contributed by atoms with Crippen LogP contribution in [0.3, 0.4) is 0 Å². The van der Waals surface area contributed by atoms with Crippen molar-refractivity contribution < 1.29 is 8.42 Å². The second-order valence-electron chi connectivity index (χ2n) is 4.45. The fourth-order valence-corrected chi connectivity index (χ4v) is 4.39. The van der Waals surface area contributed by atoms with Gasteiger partial charge in [0, 0.05) is 15.4 Å². The number of rotatable bonds is 3. The molecule has 0 aliphatic rings. The maximum Gasteiger partial charge on any atom is 0.263 e. The Kier molecular flexibility index (Phi) is 3.56. The Balaban J connectivity index is 2.36. The van der Waals surface area contributed by atoms with Crippen molar-refractivity contribution in [3.05, 3.63) is 39.6 Å². The van der Waals surface area contributed by atoms with Crippen LogP contribution in [-0.4, -0.2) is 8.42 Å². The molecule has 0 bridgehead atoms. The van der Waals surface area contributed by atoms with E-state index in [1.807, 2.05) is 13.8 Å². The zero-order valence-corrected chi connectivity index (χ0v) is 12.7. The second kappa shape index (κ2) is 4.86. The van der Waals surface area contributed by atoms with Crippen LogP contribution < -0.4 is 10.5 Å². The Morgan fingerprint density at radius 3 is 2.37 bits per heavy atom. The molecule has 0 aliphatic heterocycles. The average Bonchev–Trinajstić information content (AvgIpc) is 2.63. The summed E-state index contributed by atoms with van der Waals surface area (Å²) in [6.07, 6.45) is 0. The Hall–Kier alpha value is -1.53. The number of sulfonamides is 1. The molecule has 102 valence electrons. The zero-order chi connectivity index (χ0) is 14.2. The lowest BCUT2D eigenvalue weighted by Gasteiger charge is -2.09. The van der Waals surface area contributed by atoms with Gasteiger partial charge in [0.15, 0.2) is 0 Å². The molecule has 0 unspecified atom stereocenters. The van der Waals surface area contributed by atoms with E-state index in [4.69, 9.17) is 5.73 Å². The highest BCUT2D eigenvalue weighted by Crippen LogP contribution is 2.27. The van der Waals surface area contributed by atoms with Crippen molar-refractivity contribution in [2.45, 2.75) is 25.7 Å². The number of thiophene rings is 1. The Bertz CT molecular complexity index is 718. The highest BCUT2D eigenvalue weighted by atomic mass is 32.2. The molecule has 19 heavy (non-hydrogen) atoms. The molecule has 0 atom stereocenters. The topological polar surface area (TPSA) is 72.2 Å². The summed E-state index contributed by atoms with van der Waals surface area (Å²) in [5.41, 5.74) is 7.75. The second-order valence-corrected chi connectivity index (χ2v) is 7.57. The first kappa shape index (κ1) is 13.9. The van der Waals surface area contributed by atoms with Crippen molar-refractivity contribution in [3.63, 3.8) is 0 Å². The lowest BCUT2D eigenvalue weighted by Crippen LogP contribution is -2.13. The van der Waals surface area contributed by atoms with E-state index >= 15 is 0 Å². The van der Waals surface area contributed by atoms with Crippen LogP contribution in [-0.2, 0) is 10.0 Å². The molecule has 3 N–H and O–H groups in total. The van der Waals surface area contributed by atoms with Crippen molar-refractivity contribution in [1.82, 2.24) is 0 Å². The summed E-state index contributed by atoms with van der Waals surface area (Å²) in [7, 11) is -3.55. The van der Waals surface area contributed by atoms with Crippen LogP contribution in [0.5, 0.6) is 0 Å². The number of hydrogen-bond donors (Lipinski definition) is 2. The van der Waals surface area contributed by atoms with E-state index in [1.54, 1.807) is 31.2 Å². The summed E-state index contributed by atoms with van der Waals surface area (Å²) >= 11 is 1.47. The predicted octanol–water partition coefficient (Wildman–Crippen LogP) is 3.06. The minimum absolute atomic E-state index is 0.328. The number of anilines is 2. The molecule has 0 spiro atoms. The van der Waals surface area contributed by atoms with E-state index in [1.165, 1.54) is 11.3 Å². The van der Waals surface area contributed by atoms with Gasteiger partial charge in [-0.3, -0.25) is 4.72 Å². The number of aryl methyl sites for hydroxylation is 3. The van der Waals surface area contributed by atoms with Gasteiger partial charge in [0.2, 0.25) is 0 Å². The van der Waals surface area contributed by atoms with Crippen molar-refractivity contribution in [2.75, 3.05) is 10.5 Å². The fourth-order valence-electron chi connectivity index (χ4n) is 1.79. The quantitative estimate of drug-likeness (QED) is 0.855. The summed E-state index contributed by atoms with van der Waals surface area (Å²) in [6.45, 7) is 5.57. The van der Waals surface area contributed by atoms with Crippen molar-refractivity contribution in [2.24, 2.45) is 0 Å². The van der Waals surface area contributed by atoms with Gasteiger partial charge in [-0.25, -0.2) is 8.42 Å². The van der Waals surface area contributed by atoms with Gasteiger partial charge in [-0.2, -0.15) is 0 Å². The van der Waals surface area contributed by atoms with Crippen LogP contribution in [0, 0.1) is 20.8 Å². The monoisotopic (exact) mass is 296 g/mol. The number of benzene rings is 1. The Morgan fingerprint density at radius 2 is 1.84 bits per heavy atom. The fraction of sp³-hybridized carbons (Fsp3) is 0.231. The van der Waals surface area contributed by atoms with Crippen molar-refractivity contribution >= 4 is 32.7 Å². The Morgan fingerprint density at radius 1 is 1.16 bits per heavy atom. The first-order valence-corrected chi connectivity index (χ1v) is 8.05. The molecule has 0 saturated carbocycles. The van der Waals surface area contributed by atoms with Gasteiger partial charge in [-0.1, -0.05) is 6.07 Å². The number of nitrogen functional groups attached to an aromatic ring is 1. The smallest absolute Gasteiger partial charge is 0.263 e. The van der Waals surface area contributed by atoms with Crippen LogP contribution in [0.2, 0.25) is 0 Å². The van der Waals surface area contributed by atoms with Gasteiger partial charge in [-0.05, 0) is 44.5 Å².